The molecule has 0 radical (unpaired) electrons. The summed E-state index contributed by atoms with van der Waals surface area (Å²) >= 11 is 0. The van der Waals surface area contributed by atoms with Crippen LogP contribution in [-0.2, 0) is 14.2 Å². The summed E-state index contributed by atoms with van der Waals surface area (Å²) < 4.78 is 18.7. The predicted octanol–water partition coefficient (Wildman–Crippen LogP) is 4.02. The molecule has 3 unspecified atom stereocenters. The van der Waals surface area contributed by atoms with Gasteiger partial charge in [0.1, 0.15) is 29.4 Å². The fraction of sp³-hybridized carbons (Fsp3) is 0.636. The normalized spacial score (nSPS) is 21.6. The summed E-state index contributed by atoms with van der Waals surface area (Å²) in [6, 6.07) is 1.72. The third kappa shape index (κ3) is 5.18. The van der Waals surface area contributed by atoms with Gasteiger partial charge in [-0.2, -0.15) is 4.90 Å². The number of rotatable bonds is 3. The Kier molecular flexibility index (Phi) is 6.48. The maximum atomic E-state index is 13.0. The molecule has 0 aliphatic carbocycles. The van der Waals surface area contributed by atoms with Crippen molar-refractivity contribution in [1.82, 2.24) is 14.5 Å². The first kappa shape index (κ1) is 23.9. The van der Waals surface area contributed by atoms with E-state index in [1.54, 1.807) is 53.8 Å². The molecular formula is C22H32N4O6. The molecule has 3 rings (SSSR count). The van der Waals surface area contributed by atoms with E-state index in [4.69, 9.17) is 14.2 Å². The molecule has 1 saturated heterocycles. The van der Waals surface area contributed by atoms with Gasteiger partial charge in [0.2, 0.25) is 0 Å². The third-order valence-corrected chi connectivity index (χ3v) is 4.78. The summed E-state index contributed by atoms with van der Waals surface area (Å²) in [5.41, 5.74) is -1.17. The van der Waals surface area contributed by atoms with Gasteiger partial charge in [0.25, 0.3) is 0 Å². The minimum atomic E-state index is -0.898. The Morgan fingerprint density at radius 2 is 1.75 bits per heavy atom. The molecule has 1 aliphatic heterocycles. The molecule has 0 saturated carbocycles. The van der Waals surface area contributed by atoms with Crippen molar-refractivity contribution in [1.29, 1.82) is 0 Å². The van der Waals surface area contributed by atoms with E-state index < -0.39 is 23.4 Å². The first-order valence-electron chi connectivity index (χ1n) is 10.6. The van der Waals surface area contributed by atoms with Crippen LogP contribution in [0.25, 0.3) is 11.0 Å². The number of hydrogen-bond donors (Lipinski definition) is 1. The molecule has 1 fully saturated rings. The highest BCUT2D eigenvalue weighted by molar-refractivity contribution is 6.13. The van der Waals surface area contributed by atoms with Crippen molar-refractivity contribution < 1.29 is 28.9 Å². The summed E-state index contributed by atoms with van der Waals surface area (Å²) in [7, 11) is 0. The second kappa shape index (κ2) is 8.67. The number of ether oxygens (including phenoxy) is 3. The molecule has 1 aliphatic rings. The molecule has 10 nitrogen and oxygen atoms in total. The summed E-state index contributed by atoms with van der Waals surface area (Å²) in [5, 5.41) is 9.93. The van der Waals surface area contributed by atoms with E-state index in [9.17, 15) is 14.7 Å². The second-order valence-corrected chi connectivity index (χ2v) is 10.00. The Hall–Kier alpha value is -2.72. The number of fused-ring (bicyclic) bond motifs is 1. The van der Waals surface area contributed by atoms with Gasteiger partial charge in [-0.25, -0.2) is 19.6 Å². The van der Waals surface area contributed by atoms with E-state index >= 15 is 0 Å². The lowest BCUT2D eigenvalue weighted by atomic mass is 10.1. The standard InChI is InChI=1S/C22H32N4O6/c1-13-10-14(11-27)30-18(13)25-9-8-15-16(25)23-12-24-17(15)26(19(28)31-21(2,3)4)20(29)32-22(5,6)7/h8-9,12-14,18,27H,10-11H2,1-7H3. The van der Waals surface area contributed by atoms with E-state index in [0.717, 1.165) is 4.90 Å². The molecule has 2 aromatic rings. The number of imide groups is 1. The van der Waals surface area contributed by atoms with Crippen molar-refractivity contribution in [2.45, 2.75) is 78.4 Å². The van der Waals surface area contributed by atoms with Crippen LogP contribution in [0.4, 0.5) is 15.4 Å². The van der Waals surface area contributed by atoms with Crippen molar-refractivity contribution in [2.24, 2.45) is 5.92 Å². The maximum absolute atomic E-state index is 13.0. The van der Waals surface area contributed by atoms with Gasteiger partial charge in [0.15, 0.2) is 5.82 Å². The fourth-order valence-electron chi connectivity index (χ4n) is 3.58. The zero-order valence-electron chi connectivity index (χ0n) is 19.7. The van der Waals surface area contributed by atoms with Gasteiger partial charge >= 0.3 is 12.2 Å². The second-order valence-electron chi connectivity index (χ2n) is 10.00. The van der Waals surface area contributed by atoms with Crippen LogP contribution in [0.3, 0.4) is 0 Å². The summed E-state index contributed by atoms with van der Waals surface area (Å²) in [4.78, 5) is 35.4. The number of nitrogens with zero attached hydrogens (tertiary/aromatic N) is 4. The Morgan fingerprint density at radius 1 is 1.16 bits per heavy atom. The minimum absolute atomic E-state index is 0.0570. The molecule has 3 atom stereocenters. The maximum Gasteiger partial charge on any atom is 0.425 e. The molecule has 2 amide bonds. The molecule has 10 heteroatoms. The lowest BCUT2D eigenvalue weighted by Crippen LogP contribution is -2.44. The Bertz CT molecular complexity index is 962. The Morgan fingerprint density at radius 3 is 2.25 bits per heavy atom. The lowest BCUT2D eigenvalue weighted by molar-refractivity contribution is -0.0291. The molecule has 0 spiro atoms. The van der Waals surface area contributed by atoms with Gasteiger partial charge in [0, 0.05) is 12.1 Å². The smallest absolute Gasteiger partial charge is 0.425 e. The molecule has 0 aromatic carbocycles. The Balaban J connectivity index is 2.06. The van der Waals surface area contributed by atoms with Gasteiger partial charge in [-0.3, -0.25) is 0 Å². The highest BCUT2D eigenvalue weighted by Gasteiger charge is 2.37. The fourth-order valence-corrected chi connectivity index (χ4v) is 3.58. The first-order chi connectivity index (χ1) is 14.8. The number of hydrogen-bond acceptors (Lipinski definition) is 8. The van der Waals surface area contributed by atoms with E-state index in [0.29, 0.717) is 17.5 Å². The van der Waals surface area contributed by atoms with Gasteiger partial charge in [0.05, 0.1) is 18.1 Å². The zero-order valence-corrected chi connectivity index (χ0v) is 19.7. The van der Waals surface area contributed by atoms with Gasteiger partial charge < -0.3 is 23.9 Å². The number of aliphatic hydroxyl groups excluding tert-OH is 1. The van der Waals surface area contributed by atoms with Crippen molar-refractivity contribution in [3.63, 3.8) is 0 Å². The molecular weight excluding hydrogens is 416 g/mol. The highest BCUT2D eigenvalue weighted by Crippen LogP contribution is 2.37. The van der Waals surface area contributed by atoms with Crippen LogP contribution >= 0.6 is 0 Å². The molecule has 2 aromatic heterocycles. The van der Waals surface area contributed by atoms with Crippen molar-refractivity contribution in [3.8, 4) is 0 Å². The van der Waals surface area contributed by atoms with Crippen LogP contribution in [-0.4, -0.2) is 55.7 Å². The van der Waals surface area contributed by atoms with E-state index in [-0.39, 0.29) is 30.7 Å². The SMILES string of the molecule is CC1CC(CO)OC1n1ccc2c(N(C(=O)OC(C)(C)C)C(=O)OC(C)(C)C)ncnc21. The highest BCUT2D eigenvalue weighted by atomic mass is 16.6. The van der Waals surface area contributed by atoms with Crippen molar-refractivity contribution >= 4 is 29.0 Å². The monoisotopic (exact) mass is 448 g/mol. The molecule has 3 heterocycles. The molecule has 1 N–H and O–H groups in total. The number of amides is 2. The van der Waals surface area contributed by atoms with Crippen molar-refractivity contribution in [2.75, 3.05) is 11.5 Å². The van der Waals surface area contributed by atoms with Gasteiger partial charge in [-0.05, 0) is 54.0 Å². The zero-order chi connectivity index (χ0) is 23.8. The van der Waals surface area contributed by atoms with Gasteiger partial charge in [-0.15, -0.1) is 0 Å². The Labute approximate surface area is 187 Å². The number of carbonyl (C=O) groups is 2. The van der Waals surface area contributed by atoms with Crippen LogP contribution in [0.1, 0.15) is 61.1 Å². The topological polar surface area (TPSA) is 116 Å². The van der Waals surface area contributed by atoms with E-state index in [1.807, 2.05) is 11.5 Å². The quantitative estimate of drug-likeness (QED) is 0.748. The largest absolute Gasteiger partial charge is 0.443 e. The first-order valence-corrected chi connectivity index (χ1v) is 10.6. The summed E-state index contributed by atoms with van der Waals surface area (Å²) in [6.07, 6.45) is 1.36. The summed E-state index contributed by atoms with van der Waals surface area (Å²) in [6.45, 7) is 12.2. The lowest BCUT2D eigenvalue weighted by Gasteiger charge is -2.28. The minimum Gasteiger partial charge on any atom is -0.443 e. The van der Waals surface area contributed by atoms with Crippen LogP contribution in [0, 0.1) is 5.92 Å². The molecule has 32 heavy (non-hydrogen) atoms. The van der Waals surface area contributed by atoms with Crippen LogP contribution in [0.2, 0.25) is 0 Å². The van der Waals surface area contributed by atoms with Crippen LogP contribution < -0.4 is 4.90 Å². The van der Waals surface area contributed by atoms with E-state index in [2.05, 4.69) is 9.97 Å². The summed E-state index contributed by atoms with van der Waals surface area (Å²) in [5.74, 6) is 0.190. The van der Waals surface area contributed by atoms with Crippen LogP contribution in [0.15, 0.2) is 18.6 Å². The number of aliphatic hydroxyl groups is 1. The number of carbonyl (C=O) groups excluding carboxylic acids is 2. The number of aromatic nitrogens is 3. The molecule has 176 valence electrons. The average molecular weight is 449 g/mol. The van der Waals surface area contributed by atoms with Gasteiger partial charge in [-0.1, -0.05) is 6.92 Å². The van der Waals surface area contributed by atoms with Crippen LogP contribution in [0.5, 0.6) is 0 Å². The van der Waals surface area contributed by atoms with Crippen molar-refractivity contribution in [3.05, 3.63) is 18.6 Å². The third-order valence-electron chi connectivity index (χ3n) is 4.78. The van der Waals surface area contributed by atoms with E-state index in [1.165, 1.54) is 6.33 Å². The molecule has 0 bridgehead atoms. The predicted molar refractivity (Wildman–Crippen MR) is 117 cm³/mol. The number of anilines is 1. The average Bonchev–Trinajstić information content (AvgIpc) is 3.22.